The van der Waals surface area contributed by atoms with Gasteiger partial charge in [-0.3, -0.25) is 4.79 Å². The molecule has 0 aromatic heterocycles. The van der Waals surface area contributed by atoms with E-state index in [1.807, 2.05) is 11.8 Å². The summed E-state index contributed by atoms with van der Waals surface area (Å²) in [5.74, 6) is 0.201. The molecule has 0 aliphatic carbocycles. The normalized spacial score (nSPS) is 11.4. The third-order valence-corrected chi connectivity index (χ3v) is 3.59. The van der Waals surface area contributed by atoms with Crippen LogP contribution >= 0.6 is 11.8 Å². The van der Waals surface area contributed by atoms with Crippen molar-refractivity contribution in [2.24, 2.45) is 0 Å². The molecule has 0 atom stereocenters. The number of Topliss-reactive ketones (excluding diaryl/α,β-unsaturated/α-hetero) is 1. The van der Waals surface area contributed by atoms with Crippen LogP contribution in [-0.4, -0.2) is 22.8 Å². The van der Waals surface area contributed by atoms with Gasteiger partial charge in [0.1, 0.15) is 5.82 Å². The van der Waals surface area contributed by atoms with Crippen molar-refractivity contribution < 1.29 is 9.18 Å². The first-order chi connectivity index (χ1) is 8.31. The summed E-state index contributed by atoms with van der Waals surface area (Å²) in [6, 6.07) is 4.66. The van der Waals surface area contributed by atoms with Gasteiger partial charge >= 0.3 is 0 Å². The number of ketones is 1. The first-order valence-electron chi connectivity index (χ1n) is 5.98. The summed E-state index contributed by atoms with van der Waals surface area (Å²) < 4.78 is 13.7. The second-order valence-corrected chi connectivity index (χ2v) is 7.03. The molecule has 0 aliphatic rings. The van der Waals surface area contributed by atoms with Gasteiger partial charge in [0.2, 0.25) is 0 Å². The van der Waals surface area contributed by atoms with Gasteiger partial charge in [0.05, 0.1) is 5.56 Å². The second kappa shape index (κ2) is 6.23. The van der Waals surface area contributed by atoms with Gasteiger partial charge in [-0.1, -0.05) is 26.8 Å². The molecule has 0 saturated heterocycles. The molecule has 0 saturated carbocycles. The lowest BCUT2D eigenvalue weighted by atomic mass is 10.1. The minimum absolute atomic E-state index is 0.151. The Labute approximate surface area is 112 Å². The Morgan fingerprint density at radius 3 is 2.61 bits per heavy atom. The molecular weight excluding hydrogens is 249 g/mol. The number of nitrogens with one attached hydrogen (secondary N) is 1. The molecule has 0 aliphatic heterocycles. The lowest BCUT2D eigenvalue weighted by Crippen LogP contribution is -2.14. The zero-order chi connectivity index (χ0) is 13.8. The van der Waals surface area contributed by atoms with Gasteiger partial charge < -0.3 is 5.32 Å². The molecule has 0 spiro atoms. The number of carbonyl (C=O) groups is 1. The van der Waals surface area contributed by atoms with Crippen LogP contribution in [0.25, 0.3) is 0 Å². The zero-order valence-electron chi connectivity index (χ0n) is 11.3. The number of rotatable bonds is 5. The highest BCUT2D eigenvalue weighted by atomic mass is 32.2. The van der Waals surface area contributed by atoms with E-state index in [9.17, 15) is 9.18 Å². The Bertz CT molecular complexity index is 426. The molecule has 100 valence electrons. The Morgan fingerprint density at radius 2 is 2.06 bits per heavy atom. The van der Waals surface area contributed by atoms with Crippen LogP contribution in [0.1, 0.15) is 38.1 Å². The zero-order valence-corrected chi connectivity index (χ0v) is 12.2. The van der Waals surface area contributed by atoms with Gasteiger partial charge in [0.15, 0.2) is 5.78 Å². The minimum Gasteiger partial charge on any atom is -0.384 e. The summed E-state index contributed by atoms with van der Waals surface area (Å²) in [7, 11) is 0. The second-order valence-electron chi connectivity index (χ2n) is 5.11. The van der Waals surface area contributed by atoms with Crippen LogP contribution in [0.15, 0.2) is 18.2 Å². The van der Waals surface area contributed by atoms with Crippen LogP contribution in [0, 0.1) is 5.82 Å². The quantitative estimate of drug-likeness (QED) is 0.647. The molecule has 0 heterocycles. The van der Waals surface area contributed by atoms with Gasteiger partial charge in [0.25, 0.3) is 0 Å². The molecule has 4 heteroatoms. The predicted octanol–water partition coefficient (Wildman–Crippen LogP) is 3.97. The average molecular weight is 269 g/mol. The van der Waals surface area contributed by atoms with Crippen molar-refractivity contribution >= 4 is 23.2 Å². The highest BCUT2D eigenvalue weighted by Crippen LogP contribution is 2.23. The molecule has 18 heavy (non-hydrogen) atoms. The molecule has 0 fully saturated rings. The topological polar surface area (TPSA) is 29.1 Å². The summed E-state index contributed by atoms with van der Waals surface area (Å²) >= 11 is 1.83. The summed E-state index contributed by atoms with van der Waals surface area (Å²) in [5.41, 5.74) is 0.732. The van der Waals surface area contributed by atoms with E-state index in [1.54, 1.807) is 12.1 Å². The standard InChI is InChI=1S/C14H20FNOS/c1-10(17)13-11(15)6-5-7-12(13)16-8-9-18-14(2,3)4/h5-7,16H,8-9H2,1-4H3. The maximum absolute atomic E-state index is 13.5. The van der Waals surface area contributed by atoms with Crippen LogP contribution in [0.3, 0.4) is 0 Å². The van der Waals surface area contributed by atoms with E-state index in [-0.39, 0.29) is 16.1 Å². The SMILES string of the molecule is CC(=O)c1c(F)cccc1NCCSC(C)(C)C. The van der Waals surface area contributed by atoms with Crippen molar-refractivity contribution in [3.8, 4) is 0 Å². The van der Waals surface area contributed by atoms with Crippen molar-refractivity contribution in [2.75, 3.05) is 17.6 Å². The Kier molecular flexibility index (Phi) is 5.20. The molecule has 1 aromatic rings. The first kappa shape index (κ1) is 15.0. The van der Waals surface area contributed by atoms with Crippen LogP contribution in [0.5, 0.6) is 0 Å². The average Bonchev–Trinajstić information content (AvgIpc) is 2.22. The van der Waals surface area contributed by atoms with Crippen LogP contribution < -0.4 is 5.32 Å². The van der Waals surface area contributed by atoms with E-state index in [0.29, 0.717) is 12.2 Å². The molecule has 1 aromatic carbocycles. The van der Waals surface area contributed by atoms with Crippen LogP contribution in [0.4, 0.5) is 10.1 Å². The fourth-order valence-electron chi connectivity index (χ4n) is 1.57. The first-order valence-corrected chi connectivity index (χ1v) is 6.97. The molecule has 0 amide bonds. The third-order valence-electron chi connectivity index (χ3n) is 2.32. The number of hydrogen-bond donors (Lipinski definition) is 1. The van der Waals surface area contributed by atoms with Gasteiger partial charge in [-0.2, -0.15) is 11.8 Å². The van der Waals surface area contributed by atoms with Gasteiger partial charge in [0, 0.05) is 22.7 Å². The van der Waals surface area contributed by atoms with Crippen LogP contribution in [0.2, 0.25) is 0 Å². The van der Waals surface area contributed by atoms with Gasteiger partial charge in [-0.15, -0.1) is 0 Å². The fourth-order valence-corrected chi connectivity index (χ4v) is 2.39. The molecule has 0 unspecified atom stereocenters. The van der Waals surface area contributed by atoms with E-state index < -0.39 is 5.82 Å². The summed E-state index contributed by atoms with van der Waals surface area (Å²) in [5, 5.41) is 3.13. The van der Waals surface area contributed by atoms with E-state index in [0.717, 1.165) is 5.75 Å². The van der Waals surface area contributed by atoms with Gasteiger partial charge in [-0.25, -0.2) is 4.39 Å². The maximum Gasteiger partial charge on any atom is 0.164 e. The van der Waals surface area contributed by atoms with Crippen LogP contribution in [-0.2, 0) is 0 Å². The van der Waals surface area contributed by atoms with E-state index in [2.05, 4.69) is 26.1 Å². The molecule has 0 radical (unpaired) electrons. The van der Waals surface area contributed by atoms with E-state index in [4.69, 9.17) is 0 Å². The van der Waals surface area contributed by atoms with Gasteiger partial charge in [-0.05, 0) is 19.1 Å². The molecule has 2 nitrogen and oxygen atoms in total. The Morgan fingerprint density at radius 1 is 1.39 bits per heavy atom. The fraction of sp³-hybridized carbons (Fsp3) is 0.500. The highest BCUT2D eigenvalue weighted by Gasteiger charge is 2.13. The number of halogens is 1. The number of anilines is 1. The van der Waals surface area contributed by atoms with Crippen molar-refractivity contribution in [3.05, 3.63) is 29.6 Å². The molecule has 1 rings (SSSR count). The molecule has 1 N–H and O–H groups in total. The Balaban J connectivity index is 2.63. The lowest BCUT2D eigenvalue weighted by Gasteiger charge is -2.18. The largest absolute Gasteiger partial charge is 0.384 e. The monoisotopic (exact) mass is 269 g/mol. The maximum atomic E-state index is 13.5. The summed E-state index contributed by atoms with van der Waals surface area (Å²) in [4.78, 5) is 11.4. The number of thioether (sulfide) groups is 1. The summed E-state index contributed by atoms with van der Waals surface area (Å²) in [6.45, 7) is 8.56. The predicted molar refractivity (Wildman–Crippen MR) is 77.1 cm³/mol. The summed E-state index contributed by atoms with van der Waals surface area (Å²) in [6.07, 6.45) is 0. The smallest absolute Gasteiger partial charge is 0.164 e. The van der Waals surface area contributed by atoms with Crippen molar-refractivity contribution in [1.29, 1.82) is 0 Å². The third kappa shape index (κ3) is 4.69. The molecular formula is C14H20FNOS. The van der Waals surface area contributed by atoms with Crippen molar-refractivity contribution in [1.82, 2.24) is 0 Å². The van der Waals surface area contributed by atoms with Crippen molar-refractivity contribution in [2.45, 2.75) is 32.4 Å². The molecule has 0 bridgehead atoms. The van der Waals surface area contributed by atoms with Crippen molar-refractivity contribution in [3.63, 3.8) is 0 Å². The van der Waals surface area contributed by atoms with E-state index >= 15 is 0 Å². The number of benzene rings is 1. The highest BCUT2D eigenvalue weighted by molar-refractivity contribution is 8.00. The minimum atomic E-state index is -0.462. The number of carbonyl (C=O) groups excluding carboxylic acids is 1. The lowest BCUT2D eigenvalue weighted by molar-refractivity contribution is 0.101. The number of hydrogen-bond acceptors (Lipinski definition) is 3. The Hall–Kier alpha value is -1.03. The van der Waals surface area contributed by atoms with E-state index in [1.165, 1.54) is 13.0 Å².